The van der Waals surface area contributed by atoms with Gasteiger partial charge in [0.2, 0.25) is 0 Å². The van der Waals surface area contributed by atoms with Crippen molar-refractivity contribution >= 4 is 22.2 Å². The van der Waals surface area contributed by atoms with E-state index in [-0.39, 0.29) is 0 Å². The van der Waals surface area contributed by atoms with E-state index in [1.54, 1.807) is 6.20 Å². The molecule has 2 aromatic heterocycles. The van der Waals surface area contributed by atoms with E-state index < -0.39 is 16.5 Å². The Kier molecular flexibility index (Phi) is 7.48. The molecule has 0 spiro atoms. The Balaban J connectivity index is 1.77. The van der Waals surface area contributed by atoms with E-state index in [1.165, 1.54) is 11.8 Å². The second kappa shape index (κ2) is 9.37. The molecule has 0 fully saturated rings. The van der Waals surface area contributed by atoms with Crippen LogP contribution in [0, 0.1) is 6.92 Å². The summed E-state index contributed by atoms with van der Waals surface area (Å²) in [7, 11) is -4.54. The SMILES string of the molecule is CSc1cnc(C(CCCCCCc2cc(C)no2)OS(=O)(=O)O)[nH]1. The maximum Gasteiger partial charge on any atom is 0.398 e. The molecular weight excluding hydrogens is 366 g/mol. The highest BCUT2D eigenvalue weighted by molar-refractivity contribution is 7.98. The number of hydrogen-bond acceptors (Lipinski definition) is 7. The van der Waals surface area contributed by atoms with Gasteiger partial charge in [0.15, 0.2) is 0 Å². The number of unbranched alkanes of at least 4 members (excludes halogenated alkanes) is 3. The number of nitrogens with zero attached hydrogens (tertiary/aromatic N) is 2. The highest BCUT2D eigenvalue weighted by Crippen LogP contribution is 2.25. The van der Waals surface area contributed by atoms with Gasteiger partial charge in [0.1, 0.15) is 17.7 Å². The number of aromatic nitrogens is 3. The molecule has 0 aliphatic rings. The largest absolute Gasteiger partial charge is 0.398 e. The van der Waals surface area contributed by atoms with Gasteiger partial charge in [0, 0.05) is 12.5 Å². The number of nitrogens with one attached hydrogen (secondary N) is 1. The molecule has 25 heavy (non-hydrogen) atoms. The molecule has 10 heteroatoms. The van der Waals surface area contributed by atoms with Gasteiger partial charge in [-0.2, -0.15) is 8.42 Å². The Morgan fingerprint density at radius 2 is 2.12 bits per heavy atom. The molecule has 0 saturated heterocycles. The molecule has 0 bridgehead atoms. The lowest BCUT2D eigenvalue weighted by molar-refractivity contribution is 0.164. The molecule has 2 aromatic rings. The maximum absolute atomic E-state index is 11.1. The zero-order chi connectivity index (χ0) is 18.3. The fourth-order valence-corrected chi connectivity index (χ4v) is 3.33. The summed E-state index contributed by atoms with van der Waals surface area (Å²) in [6, 6.07) is 1.93. The number of rotatable bonds is 11. The first-order valence-corrected chi connectivity index (χ1v) is 10.6. The van der Waals surface area contributed by atoms with E-state index in [9.17, 15) is 8.42 Å². The molecule has 2 heterocycles. The Bertz CT molecular complexity index is 757. The van der Waals surface area contributed by atoms with E-state index in [1.807, 2.05) is 19.2 Å². The number of H-pyrrole nitrogens is 1. The van der Waals surface area contributed by atoms with Crippen LogP contribution < -0.4 is 0 Å². The van der Waals surface area contributed by atoms with Crippen LogP contribution in [-0.2, 0) is 21.0 Å². The Morgan fingerprint density at radius 1 is 1.36 bits per heavy atom. The van der Waals surface area contributed by atoms with Gasteiger partial charge in [-0.1, -0.05) is 24.4 Å². The molecular formula is C15H23N3O5S2. The van der Waals surface area contributed by atoms with E-state index in [4.69, 9.17) is 13.3 Å². The first kappa shape index (κ1) is 20.0. The van der Waals surface area contributed by atoms with Crippen molar-refractivity contribution in [2.75, 3.05) is 6.26 Å². The summed E-state index contributed by atoms with van der Waals surface area (Å²) in [6.07, 6.45) is 7.57. The molecule has 0 radical (unpaired) electrons. The number of thioether (sulfide) groups is 1. The monoisotopic (exact) mass is 389 g/mol. The number of aryl methyl sites for hydroxylation is 2. The van der Waals surface area contributed by atoms with Gasteiger partial charge in [0.05, 0.1) is 16.9 Å². The number of imidazole rings is 1. The third-order valence-corrected chi connectivity index (χ3v) is 4.77. The van der Waals surface area contributed by atoms with Crippen molar-refractivity contribution in [2.45, 2.75) is 56.6 Å². The van der Waals surface area contributed by atoms with Crippen molar-refractivity contribution in [3.63, 3.8) is 0 Å². The van der Waals surface area contributed by atoms with Crippen LogP contribution in [0.5, 0.6) is 0 Å². The molecule has 0 aliphatic carbocycles. The summed E-state index contributed by atoms with van der Waals surface area (Å²) in [6.45, 7) is 1.89. The predicted octanol–water partition coefficient (Wildman–Crippen LogP) is 3.48. The standard InChI is InChI=1S/C15H23N3O5S2/c1-11-9-12(22-18-11)7-5-3-4-6-8-13(23-25(19,20)21)15-16-10-14(17-15)24-2/h9-10,13H,3-8H2,1-2H3,(H,16,17)(H,19,20,21). The van der Waals surface area contributed by atoms with Gasteiger partial charge in [-0.3, -0.25) is 4.55 Å². The van der Waals surface area contributed by atoms with Crippen molar-refractivity contribution in [3.8, 4) is 0 Å². The molecule has 0 saturated carbocycles. The molecule has 1 unspecified atom stereocenters. The van der Waals surface area contributed by atoms with Crippen molar-refractivity contribution in [1.82, 2.24) is 15.1 Å². The van der Waals surface area contributed by atoms with E-state index in [2.05, 4.69) is 15.1 Å². The zero-order valence-electron chi connectivity index (χ0n) is 14.3. The van der Waals surface area contributed by atoms with Crippen LogP contribution in [0.15, 0.2) is 21.8 Å². The average molecular weight is 389 g/mol. The third-order valence-electron chi connectivity index (χ3n) is 3.65. The minimum atomic E-state index is -4.54. The Labute approximate surface area is 151 Å². The van der Waals surface area contributed by atoms with Crippen LogP contribution in [0.1, 0.15) is 55.5 Å². The number of aromatic amines is 1. The van der Waals surface area contributed by atoms with Crippen LogP contribution in [0.25, 0.3) is 0 Å². The van der Waals surface area contributed by atoms with Gasteiger partial charge < -0.3 is 9.51 Å². The fraction of sp³-hybridized carbons (Fsp3) is 0.600. The second-order valence-electron chi connectivity index (χ2n) is 5.74. The smallest absolute Gasteiger partial charge is 0.361 e. The summed E-state index contributed by atoms with van der Waals surface area (Å²) in [4.78, 5) is 7.13. The van der Waals surface area contributed by atoms with Crippen LogP contribution in [0.3, 0.4) is 0 Å². The fourth-order valence-electron chi connectivity index (χ4n) is 2.48. The van der Waals surface area contributed by atoms with Crippen molar-refractivity contribution < 1.29 is 21.7 Å². The lowest BCUT2D eigenvalue weighted by Crippen LogP contribution is -2.12. The number of hydrogen-bond donors (Lipinski definition) is 2. The Morgan fingerprint density at radius 3 is 2.72 bits per heavy atom. The molecule has 2 rings (SSSR count). The molecule has 2 N–H and O–H groups in total. The molecule has 0 aromatic carbocycles. The molecule has 140 valence electrons. The highest BCUT2D eigenvalue weighted by Gasteiger charge is 2.22. The summed E-state index contributed by atoms with van der Waals surface area (Å²) in [5.74, 6) is 1.28. The lowest BCUT2D eigenvalue weighted by atomic mass is 10.1. The van der Waals surface area contributed by atoms with E-state index in [0.717, 1.165) is 48.6 Å². The second-order valence-corrected chi connectivity index (χ2v) is 7.63. The molecule has 8 nitrogen and oxygen atoms in total. The van der Waals surface area contributed by atoms with E-state index >= 15 is 0 Å². The predicted molar refractivity (Wildman–Crippen MR) is 93.8 cm³/mol. The maximum atomic E-state index is 11.1. The summed E-state index contributed by atoms with van der Waals surface area (Å²) in [5, 5.41) is 4.65. The summed E-state index contributed by atoms with van der Waals surface area (Å²) >= 11 is 1.46. The molecule has 0 aliphatic heterocycles. The van der Waals surface area contributed by atoms with Gasteiger partial charge in [-0.05, 0) is 26.0 Å². The summed E-state index contributed by atoms with van der Waals surface area (Å²) < 4.78 is 41.0. The van der Waals surface area contributed by atoms with Gasteiger partial charge in [0.25, 0.3) is 0 Å². The third kappa shape index (κ3) is 7.18. The molecule has 1 atom stereocenters. The first-order valence-electron chi connectivity index (χ1n) is 8.04. The summed E-state index contributed by atoms with van der Waals surface area (Å²) in [5.41, 5.74) is 0.878. The van der Waals surface area contributed by atoms with Crippen LogP contribution in [-0.4, -0.2) is 34.4 Å². The van der Waals surface area contributed by atoms with Gasteiger partial charge in [-0.25, -0.2) is 9.17 Å². The average Bonchev–Trinajstić information content (AvgIpc) is 3.17. The van der Waals surface area contributed by atoms with Gasteiger partial charge in [-0.15, -0.1) is 11.8 Å². The van der Waals surface area contributed by atoms with E-state index in [0.29, 0.717) is 12.2 Å². The normalized spacial score (nSPS) is 13.2. The molecule has 0 amide bonds. The van der Waals surface area contributed by atoms with Crippen molar-refractivity contribution in [1.29, 1.82) is 0 Å². The van der Waals surface area contributed by atoms with Crippen LogP contribution >= 0.6 is 11.8 Å². The lowest BCUT2D eigenvalue weighted by Gasteiger charge is -2.13. The topological polar surface area (TPSA) is 118 Å². The highest BCUT2D eigenvalue weighted by atomic mass is 32.3. The van der Waals surface area contributed by atoms with Crippen LogP contribution in [0.2, 0.25) is 0 Å². The minimum absolute atomic E-state index is 0.402. The first-order chi connectivity index (χ1) is 11.9. The zero-order valence-corrected chi connectivity index (χ0v) is 15.9. The van der Waals surface area contributed by atoms with Crippen molar-refractivity contribution in [3.05, 3.63) is 29.5 Å². The van der Waals surface area contributed by atoms with Crippen LogP contribution in [0.4, 0.5) is 0 Å². The minimum Gasteiger partial charge on any atom is -0.361 e. The van der Waals surface area contributed by atoms with Crippen molar-refractivity contribution in [2.24, 2.45) is 0 Å². The van der Waals surface area contributed by atoms with Gasteiger partial charge >= 0.3 is 10.4 Å². The quantitative estimate of drug-likeness (QED) is 0.341. The Hall–Kier alpha value is -1.36.